The fraction of sp³-hybridized carbons (Fsp3) is 0.409. The topological polar surface area (TPSA) is 57.7 Å². The number of carbonyl (C=O) groups excluding carboxylic acids is 1. The minimum absolute atomic E-state index is 0.0192. The Morgan fingerprint density at radius 2 is 1.64 bits per heavy atom. The highest BCUT2D eigenvalue weighted by Gasteiger charge is 2.24. The Balaban J connectivity index is 1.58. The number of nitrogens with zero attached hydrogens (tertiary/aromatic N) is 2. The first-order valence-electron chi connectivity index (χ1n) is 9.80. The van der Waals surface area contributed by atoms with Crippen LogP contribution in [0.5, 0.6) is 0 Å². The molecular formula is C22H28N2O3S. The van der Waals surface area contributed by atoms with Crippen LogP contribution in [0.2, 0.25) is 0 Å². The first kappa shape index (κ1) is 20.4. The van der Waals surface area contributed by atoms with Gasteiger partial charge in [-0.2, -0.15) is 0 Å². The minimum atomic E-state index is -3.30. The van der Waals surface area contributed by atoms with E-state index >= 15 is 0 Å². The molecule has 28 heavy (non-hydrogen) atoms. The largest absolute Gasteiger partial charge is 0.339 e. The molecule has 1 aliphatic rings. The molecule has 1 aliphatic heterocycles. The summed E-state index contributed by atoms with van der Waals surface area (Å²) < 4.78 is 25.2. The van der Waals surface area contributed by atoms with Gasteiger partial charge in [-0.15, -0.1) is 0 Å². The van der Waals surface area contributed by atoms with Crippen LogP contribution in [0.4, 0.5) is 5.69 Å². The molecule has 3 rings (SSSR count). The zero-order valence-corrected chi connectivity index (χ0v) is 17.4. The average molecular weight is 401 g/mol. The number of carbonyl (C=O) groups is 1. The Kier molecular flexibility index (Phi) is 6.39. The van der Waals surface area contributed by atoms with Crippen LogP contribution in [0.1, 0.15) is 35.7 Å². The van der Waals surface area contributed by atoms with Gasteiger partial charge in [-0.3, -0.25) is 9.10 Å². The molecule has 2 aromatic rings. The molecule has 0 saturated carbocycles. The van der Waals surface area contributed by atoms with Gasteiger partial charge >= 0.3 is 0 Å². The fourth-order valence-electron chi connectivity index (χ4n) is 3.64. The van der Waals surface area contributed by atoms with Crippen molar-refractivity contribution in [1.82, 2.24) is 4.90 Å². The second-order valence-electron chi connectivity index (χ2n) is 7.34. The molecule has 0 N–H and O–H groups in total. The normalized spacial score (nSPS) is 15.4. The molecule has 1 saturated heterocycles. The fourth-order valence-corrected chi connectivity index (χ4v) is 4.47. The molecule has 1 heterocycles. The number of likely N-dealkylation sites (tertiary alicyclic amines) is 1. The van der Waals surface area contributed by atoms with Gasteiger partial charge in [0, 0.05) is 25.7 Å². The van der Waals surface area contributed by atoms with Gasteiger partial charge in [0.15, 0.2) is 0 Å². The number of hydrogen-bond donors (Lipinski definition) is 0. The van der Waals surface area contributed by atoms with Gasteiger partial charge in [0.25, 0.3) is 5.91 Å². The molecule has 0 unspecified atom stereocenters. The maximum absolute atomic E-state index is 12.8. The van der Waals surface area contributed by atoms with Gasteiger partial charge in [-0.05, 0) is 61.9 Å². The summed E-state index contributed by atoms with van der Waals surface area (Å²) in [5.74, 6) is 0.676. The van der Waals surface area contributed by atoms with Gasteiger partial charge in [0.1, 0.15) is 0 Å². The number of piperidine rings is 1. The number of sulfonamides is 1. The third-order valence-corrected chi connectivity index (χ3v) is 7.30. The van der Waals surface area contributed by atoms with Gasteiger partial charge in [-0.1, -0.05) is 30.3 Å². The van der Waals surface area contributed by atoms with Crippen LogP contribution in [0.25, 0.3) is 0 Å². The van der Waals surface area contributed by atoms with E-state index in [2.05, 4.69) is 24.3 Å². The molecule has 2 aromatic carbocycles. The second-order valence-corrected chi connectivity index (χ2v) is 9.63. The SMILES string of the molecule is CCS(=O)(=O)N(C)c1ccc(C(=O)N2CCC(Cc3ccccc3)CC2)cc1. The number of rotatable bonds is 6. The minimum Gasteiger partial charge on any atom is -0.339 e. The molecule has 0 radical (unpaired) electrons. The molecule has 0 aliphatic carbocycles. The lowest BCUT2D eigenvalue weighted by Crippen LogP contribution is -2.38. The lowest BCUT2D eigenvalue weighted by atomic mass is 9.90. The third kappa shape index (κ3) is 4.73. The van der Waals surface area contributed by atoms with Crippen LogP contribution >= 0.6 is 0 Å². The summed E-state index contributed by atoms with van der Waals surface area (Å²) in [4.78, 5) is 14.7. The van der Waals surface area contributed by atoms with Crippen LogP contribution in [0, 0.1) is 5.92 Å². The molecule has 0 atom stereocenters. The zero-order chi connectivity index (χ0) is 20.1. The smallest absolute Gasteiger partial charge is 0.253 e. The van der Waals surface area contributed by atoms with Crippen molar-refractivity contribution < 1.29 is 13.2 Å². The van der Waals surface area contributed by atoms with Crippen LogP contribution in [0.3, 0.4) is 0 Å². The maximum Gasteiger partial charge on any atom is 0.253 e. The Morgan fingerprint density at radius 1 is 1.04 bits per heavy atom. The number of hydrogen-bond acceptors (Lipinski definition) is 3. The van der Waals surface area contributed by atoms with Crippen LogP contribution < -0.4 is 4.31 Å². The Morgan fingerprint density at radius 3 is 2.21 bits per heavy atom. The number of anilines is 1. The van der Waals surface area contributed by atoms with Crippen molar-refractivity contribution in [2.24, 2.45) is 5.92 Å². The van der Waals surface area contributed by atoms with Crippen molar-refractivity contribution in [3.05, 3.63) is 65.7 Å². The summed E-state index contributed by atoms with van der Waals surface area (Å²) in [6, 6.07) is 17.3. The predicted molar refractivity (Wildman–Crippen MR) is 113 cm³/mol. The van der Waals surface area contributed by atoms with Crippen LogP contribution in [0.15, 0.2) is 54.6 Å². The van der Waals surface area contributed by atoms with E-state index in [0.29, 0.717) is 17.2 Å². The first-order valence-corrected chi connectivity index (χ1v) is 11.4. The molecule has 0 bridgehead atoms. The summed E-state index contributed by atoms with van der Waals surface area (Å²) in [5, 5.41) is 0. The standard InChI is InChI=1S/C22H28N2O3S/c1-3-28(26,27)23(2)21-11-9-20(10-12-21)22(25)24-15-13-19(14-16-24)17-18-7-5-4-6-8-18/h4-12,19H,3,13-17H2,1-2H3. The Labute approximate surface area is 168 Å². The maximum atomic E-state index is 12.8. The van der Waals surface area contributed by atoms with E-state index in [-0.39, 0.29) is 11.7 Å². The highest BCUT2D eigenvalue weighted by Crippen LogP contribution is 2.24. The molecule has 6 heteroatoms. The van der Waals surface area contributed by atoms with Crippen molar-refractivity contribution in [1.29, 1.82) is 0 Å². The van der Waals surface area contributed by atoms with Crippen LogP contribution in [-0.4, -0.2) is 45.1 Å². The average Bonchev–Trinajstić information content (AvgIpc) is 2.74. The quantitative estimate of drug-likeness (QED) is 0.745. The lowest BCUT2D eigenvalue weighted by Gasteiger charge is -2.32. The molecule has 150 valence electrons. The van der Waals surface area contributed by atoms with Gasteiger partial charge in [0.2, 0.25) is 10.0 Å². The molecule has 0 spiro atoms. The Hall–Kier alpha value is -2.34. The van der Waals surface area contributed by atoms with Crippen molar-refractivity contribution in [2.45, 2.75) is 26.2 Å². The van der Waals surface area contributed by atoms with E-state index in [4.69, 9.17) is 0 Å². The summed E-state index contributed by atoms with van der Waals surface area (Å²) >= 11 is 0. The molecule has 1 fully saturated rings. The van der Waals surface area contributed by atoms with E-state index in [0.717, 1.165) is 32.4 Å². The van der Waals surface area contributed by atoms with Gasteiger partial charge in [-0.25, -0.2) is 8.42 Å². The summed E-state index contributed by atoms with van der Waals surface area (Å²) in [6.07, 6.45) is 3.09. The molecule has 5 nitrogen and oxygen atoms in total. The van der Waals surface area contributed by atoms with Crippen molar-refractivity contribution in [3.8, 4) is 0 Å². The van der Waals surface area contributed by atoms with E-state index in [1.165, 1.54) is 16.9 Å². The van der Waals surface area contributed by atoms with Crippen LogP contribution in [-0.2, 0) is 16.4 Å². The number of amides is 1. The van der Waals surface area contributed by atoms with Gasteiger partial charge < -0.3 is 4.90 Å². The van der Waals surface area contributed by atoms with E-state index in [1.54, 1.807) is 31.2 Å². The zero-order valence-electron chi connectivity index (χ0n) is 16.5. The summed E-state index contributed by atoms with van der Waals surface area (Å²) in [6.45, 7) is 3.15. The molecule has 0 aromatic heterocycles. The second kappa shape index (κ2) is 8.78. The summed E-state index contributed by atoms with van der Waals surface area (Å²) in [5.41, 5.74) is 2.53. The molecule has 1 amide bonds. The highest BCUT2D eigenvalue weighted by atomic mass is 32.2. The van der Waals surface area contributed by atoms with E-state index < -0.39 is 10.0 Å². The van der Waals surface area contributed by atoms with Gasteiger partial charge in [0.05, 0.1) is 11.4 Å². The highest BCUT2D eigenvalue weighted by molar-refractivity contribution is 7.92. The monoisotopic (exact) mass is 400 g/mol. The predicted octanol–water partition coefficient (Wildman–Crippen LogP) is 3.57. The van der Waals surface area contributed by atoms with E-state index in [1.807, 2.05) is 11.0 Å². The number of benzene rings is 2. The third-order valence-electron chi connectivity index (χ3n) is 5.53. The molecular weight excluding hydrogens is 372 g/mol. The van der Waals surface area contributed by atoms with E-state index in [9.17, 15) is 13.2 Å². The first-order chi connectivity index (χ1) is 13.4. The van der Waals surface area contributed by atoms with Crippen molar-refractivity contribution >= 4 is 21.6 Å². The Bertz CT molecular complexity index is 887. The van der Waals surface area contributed by atoms with Crippen molar-refractivity contribution in [3.63, 3.8) is 0 Å². The lowest BCUT2D eigenvalue weighted by molar-refractivity contribution is 0.0690. The van der Waals surface area contributed by atoms with Crippen molar-refractivity contribution in [2.75, 3.05) is 30.2 Å². The summed E-state index contributed by atoms with van der Waals surface area (Å²) in [7, 11) is -1.76.